The summed E-state index contributed by atoms with van der Waals surface area (Å²) in [6, 6.07) is 18.7. The van der Waals surface area contributed by atoms with Crippen LogP contribution in [0, 0.1) is 0 Å². The molecule has 0 radical (unpaired) electrons. The molecule has 3 aromatic carbocycles. The Morgan fingerprint density at radius 2 is 1.68 bits per heavy atom. The average Bonchev–Trinajstić information content (AvgIpc) is 3.17. The van der Waals surface area contributed by atoms with E-state index in [2.05, 4.69) is 0 Å². The fourth-order valence-corrected chi connectivity index (χ4v) is 4.93. The SMILES string of the molecule is CCOc1cccc(N2C(=O)C(=O)/C(=C(/O)c3ccc(OC)c(C(C)(C)C)c3)C2c2cccc(OC(C)C)c2)c1. The fourth-order valence-electron chi connectivity index (χ4n) is 4.93. The normalized spacial score (nSPS) is 16.9. The van der Waals surface area contributed by atoms with E-state index >= 15 is 0 Å². The summed E-state index contributed by atoms with van der Waals surface area (Å²) >= 11 is 0. The van der Waals surface area contributed by atoms with Gasteiger partial charge < -0.3 is 19.3 Å². The van der Waals surface area contributed by atoms with Crippen LogP contribution in [0.2, 0.25) is 0 Å². The van der Waals surface area contributed by atoms with Crippen molar-refractivity contribution in [2.75, 3.05) is 18.6 Å². The number of nitrogens with zero attached hydrogens (tertiary/aromatic N) is 1. The third-order valence-electron chi connectivity index (χ3n) is 6.68. The predicted octanol–water partition coefficient (Wildman–Crippen LogP) is 6.80. The number of aliphatic hydroxyl groups excluding tert-OH is 1. The molecule has 0 aromatic heterocycles. The van der Waals surface area contributed by atoms with E-state index in [-0.39, 0.29) is 22.9 Å². The van der Waals surface area contributed by atoms with E-state index in [1.54, 1.807) is 49.6 Å². The molecular formula is C33H37NO6. The van der Waals surface area contributed by atoms with Gasteiger partial charge in [0.15, 0.2) is 0 Å². The summed E-state index contributed by atoms with van der Waals surface area (Å²) in [6.45, 7) is 12.3. The van der Waals surface area contributed by atoms with Gasteiger partial charge in [0.1, 0.15) is 23.0 Å². The lowest BCUT2D eigenvalue weighted by atomic mass is 9.84. The van der Waals surface area contributed by atoms with Gasteiger partial charge >= 0.3 is 0 Å². The smallest absolute Gasteiger partial charge is 0.300 e. The number of Topliss-reactive ketones (excluding diaryl/α,β-unsaturated/α-hetero) is 1. The molecule has 7 heteroatoms. The number of ether oxygens (including phenoxy) is 3. The van der Waals surface area contributed by atoms with Gasteiger partial charge in [0.05, 0.1) is 31.4 Å². The van der Waals surface area contributed by atoms with Gasteiger partial charge in [-0.2, -0.15) is 0 Å². The van der Waals surface area contributed by atoms with E-state index in [9.17, 15) is 14.7 Å². The summed E-state index contributed by atoms with van der Waals surface area (Å²) in [5.74, 6) is 0.0816. The van der Waals surface area contributed by atoms with Gasteiger partial charge in [0, 0.05) is 22.9 Å². The molecule has 1 heterocycles. The molecule has 0 bridgehead atoms. The second-order valence-corrected chi connectivity index (χ2v) is 11.0. The molecule has 3 aromatic rings. The van der Waals surface area contributed by atoms with Gasteiger partial charge in [0.2, 0.25) is 0 Å². The van der Waals surface area contributed by atoms with E-state index < -0.39 is 17.7 Å². The number of hydrogen-bond acceptors (Lipinski definition) is 6. The van der Waals surface area contributed by atoms with Crippen LogP contribution in [0.25, 0.3) is 5.76 Å². The highest BCUT2D eigenvalue weighted by Crippen LogP contribution is 2.44. The van der Waals surface area contributed by atoms with Crippen molar-refractivity contribution >= 4 is 23.1 Å². The highest BCUT2D eigenvalue weighted by Gasteiger charge is 2.47. The third-order valence-corrected chi connectivity index (χ3v) is 6.68. The second kappa shape index (κ2) is 11.5. The van der Waals surface area contributed by atoms with Crippen LogP contribution in [-0.4, -0.2) is 36.6 Å². The van der Waals surface area contributed by atoms with Crippen molar-refractivity contribution in [3.63, 3.8) is 0 Å². The van der Waals surface area contributed by atoms with E-state index in [1.165, 1.54) is 4.90 Å². The van der Waals surface area contributed by atoms with Gasteiger partial charge in [-0.15, -0.1) is 0 Å². The Bertz CT molecular complexity index is 1450. The zero-order chi connectivity index (χ0) is 29.2. The third kappa shape index (κ3) is 5.69. The lowest BCUT2D eigenvalue weighted by Crippen LogP contribution is -2.29. The van der Waals surface area contributed by atoms with Crippen molar-refractivity contribution in [3.05, 3.63) is 89.0 Å². The van der Waals surface area contributed by atoms with Crippen molar-refractivity contribution < 1.29 is 28.9 Å². The fraction of sp³-hybridized carbons (Fsp3) is 0.333. The first kappa shape index (κ1) is 28.7. The van der Waals surface area contributed by atoms with Crippen LogP contribution in [0.15, 0.2) is 72.3 Å². The molecule has 1 fully saturated rings. The van der Waals surface area contributed by atoms with Crippen LogP contribution >= 0.6 is 0 Å². The Balaban J connectivity index is 1.96. The largest absolute Gasteiger partial charge is 0.507 e. The van der Waals surface area contributed by atoms with Gasteiger partial charge in [-0.1, -0.05) is 39.0 Å². The quantitative estimate of drug-likeness (QED) is 0.191. The monoisotopic (exact) mass is 543 g/mol. The number of hydrogen-bond donors (Lipinski definition) is 1. The summed E-state index contributed by atoms with van der Waals surface area (Å²) in [5.41, 5.74) is 2.10. The molecule has 1 N–H and O–H groups in total. The zero-order valence-corrected chi connectivity index (χ0v) is 24.1. The molecule has 0 spiro atoms. The number of amides is 1. The first-order valence-corrected chi connectivity index (χ1v) is 13.5. The highest BCUT2D eigenvalue weighted by molar-refractivity contribution is 6.51. The maximum Gasteiger partial charge on any atom is 0.300 e. The molecule has 0 aliphatic carbocycles. The lowest BCUT2D eigenvalue weighted by Gasteiger charge is -2.26. The first-order valence-electron chi connectivity index (χ1n) is 13.5. The molecule has 40 heavy (non-hydrogen) atoms. The van der Waals surface area contributed by atoms with E-state index in [1.807, 2.05) is 65.8 Å². The number of aliphatic hydroxyl groups is 1. The number of benzene rings is 3. The van der Waals surface area contributed by atoms with E-state index in [0.717, 1.165) is 5.56 Å². The number of carbonyl (C=O) groups excluding carboxylic acids is 2. The molecule has 7 nitrogen and oxygen atoms in total. The Kier molecular flexibility index (Phi) is 8.24. The summed E-state index contributed by atoms with van der Waals surface area (Å²) < 4.78 is 17.1. The molecule has 0 saturated carbocycles. The molecule has 210 valence electrons. The first-order chi connectivity index (χ1) is 19.0. The number of ketones is 1. The maximum absolute atomic E-state index is 13.7. The van der Waals surface area contributed by atoms with Crippen LogP contribution in [-0.2, 0) is 15.0 Å². The maximum atomic E-state index is 13.7. The van der Waals surface area contributed by atoms with Crippen molar-refractivity contribution in [2.24, 2.45) is 0 Å². The van der Waals surface area contributed by atoms with Crippen molar-refractivity contribution in [1.82, 2.24) is 0 Å². The van der Waals surface area contributed by atoms with Crippen LogP contribution in [0.3, 0.4) is 0 Å². The van der Waals surface area contributed by atoms with Gasteiger partial charge in [-0.05, 0) is 74.2 Å². The van der Waals surface area contributed by atoms with Gasteiger partial charge in [-0.25, -0.2) is 0 Å². The summed E-state index contributed by atoms with van der Waals surface area (Å²) in [6.07, 6.45) is -0.0698. The summed E-state index contributed by atoms with van der Waals surface area (Å²) in [7, 11) is 1.60. The van der Waals surface area contributed by atoms with Crippen LogP contribution in [0.5, 0.6) is 17.2 Å². The Hall–Kier alpha value is -4.26. The summed E-state index contributed by atoms with van der Waals surface area (Å²) in [5, 5.41) is 11.7. The molecule has 1 aliphatic heterocycles. The molecule has 4 rings (SSSR count). The van der Waals surface area contributed by atoms with Crippen LogP contribution in [0.1, 0.15) is 64.3 Å². The Morgan fingerprint density at radius 3 is 2.33 bits per heavy atom. The van der Waals surface area contributed by atoms with E-state index in [4.69, 9.17) is 14.2 Å². The van der Waals surface area contributed by atoms with Crippen molar-refractivity contribution in [3.8, 4) is 17.2 Å². The summed E-state index contributed by atoms with van der Waals surface area (Å²) in [4.78, 5) is 28.7. The molecule has 1 aliphatic rings. The zero-order valence-electron chi connectivity index (χ0n) is 24.1. The van der Waals surface area contributed by atoms with Gasteiger partial charge in [-0.3, -0.25) is 14.5 Å². The average molecular weight is 544 g/mol. The molecular weight excluding hydrogens is 506 g/mol. The highest BCUT2D eigenvalue weighted by atomic mass is 16.5. The minimum absolute atomic E-state index is 0.00136. The molecule has 1 saturated heterocycles. The number of methoxy groups -OCH3 is 1. The number of anilines is 1. The van der Waals surface area contributed by atoms with Crippen molar-refractivity contribution in [1.29, 1.82) is 0 Å². The topological polar surface area (TPSA) is 85.3 Å². The minimum Gasteiger partial charge on any atom is -0.507 e. The van der Waals surface area contributed by atoms with Crippen molar-refractivity contribution in [2.45, 2.75) is 59.1 Å². The minimum atomic E-state index is -0.896. The second-order valence-electron chi connectivity index (χ2n) is 11.0. The van der Waals surface area contributed by atoms with E-state index in [0.29, 0.717) is 40.7 Å². The van der Waals surface area contributed by atoms with Crippen LogP contribution in [0.4, 0.5) is 5.69 Å². The standard InChI is InChI=1S/C33H37NO6/c1-8-39-24-13-10-12-23(19-24)34-29(21-11-9-14-25(17-21)40-20(2)3)28(31(36)32(34)37)30(35)22-15-16-27(38-7)26(18-22)33(4,5)6/h9-20,29,35H,8H2,1-7H3/b30-28+. The lowest BCUT2D eigenvalue weighted by molar-refractivity contribution is -0.132. The van der Waals surface area contributed by atoms with Crippen LogP contribution < -0.4 is 19.1 Å². The Morgan fingerprint density at radius 1 is 0.975 bits per heavy atom. The molecule has 1 unspecified atom stereocenters. The number of rotatable bonds is 8. The molecule has 1 amide bonds. The Labute approximate surface area is 236 Å². The predicted molar refractivity (Wildman–Crippen MR) is 156 cm³/mol. The number of carbonyl (C=O) groups is 2. The van der Waals surface area contributed by atoms with Gasteiger partial charge in [0.25, 0.3) is 11.7 Å². The molecule has 1 atom stereocenters.